The molecule has 45 heavy (non-hydrogen) atoms. The van der Waals surface area contributed by atoms with Crippen molar-refractivity contribution in [1.29, 1.82) is 0 Å². The molecular weight excluding hydrogens is 591 g/mol. The van der Waals surface area contributed by atoms with E-state index in [2.05, 4.69) is 32.7 Å². The number of aromatic nitrogens is 3. The molecule has 0 aliphatic carbocycles. The van der Waals surface area contributed by atoms with E-state index >= 15 is 4.39 Å². The number of piperidine rings is 1. The lowest BCUT2D eigenvalue weighted by atomic mass is 9.93. The summed E-state index contributed by atoms with van der Waals surface area (Å²) in [6.07, 6.45) is 9.99. The number of hydrogen-bond donors (Lipinski definition) is 4. The smallest absolute Gasteiger partial charge is 0.354 e. The SMILES string of the molecule is C[C@H](N)CCCc1cc(Cl)c(F)c(-c2cc3cn(-c4ccc([C@@H]5CCC[C@@H](CNCC6CCOCC6)N5)cc4)c(=O)nc3[nH]2)c1. The van der Waals surface area contributed by atoms with Gasteiger partial charge < -0.3 is 26.1 Å². The van der Waals surface area contributed by atoms with E-state index in [1.165, 1.54) is 23.0 Å². The Morgan fingerprint density at radius 3 is 2.71 bits per heavy atom. The van der Waals surface area contributed by atoms with E-state index in [9.17, 15) is 4.79 Å². The van der Waals surface area contributed by atoms with Crippen LogP contribution in [0.4, 0.5) is 4.39 Å². The van der Waals surface area contributed by atoms with E-state index in [1.807, 2.05) is 31.2 Å². The number of halogens is 2. The summed E-state index contributed by atoms with van der Waals surface area (Å²) in [5.74, 6) is 0.214. The topological polar surface area (TPSA) is 110 Å². The van der Waals surface area contributed by atoms with Crippen molar-refractivity contribution >= 4 is 22.6 Å². The Morgan fingerprint density at radius 2 is 1.93 bits per heavy atom. The molecule has 2 saturated heterocycles. The monoisotopic (exact) mass is 634 g/mol. The van der Waals surface area contributed by atoms with Crippen LogP contribution < -0.4 is 22.1 Å². The van der Waals surface area contributed by atoms with Gasteiger partial charge in [0.05, 0.1) is 16.4 Å². The highest BCUT2D eigenvalue weighted by atomic mass is 35.5. The molecule has 4 aromatic rings. The number of fused-ring (bicyclic) bond motifs is 1. The maximum Gasteiger partial charge on any atom is 0.354 e. The first kappa shape index (κ1) is 31.9. The third-order valence-corrected chi connectivity index (χ3v) is 9.51. The Morgan fingerprint density at radius 1 is 1.13 bits per heavy atom. The van der Waals surface area contributed by atoms with Gasteiger partial charge in [-0.3, -0.25) is 4.57 Å². The van der Waals surface area contributed by atoms with Crippen molar-refractivity contribution in [1.82, 2.24) is 25.2 Å². The second kappa shape index (κ2) is 14.6. The zero-order valence-electron chi connectivity index (χ0n) is 26.0. The third-order valence-electron chi connectivity index (χ3n) is 9.23. The summed E-state index contributed by atoms with van der Waals surface area (Å²) in [6, 6.07) is 14.3. The summed E-state index contributed by atoms with van der Waals surface area (Å²) in [5, 5.41) is 8.29. The molecule has 0 amide bonds. The van der Waals surface area contributed by atoms with Crippen molar-refractivity contribution in [3.63, 3.8) is 0 Å². The van der Waals surface area contributed by atoms with Gasteiger partial charge in [0.2, 0.25) is 0 Å². The van der Waals surface area contributed by atoms with Gasteiger partial charge in [0.25, 0.3) is 0 Å². The number of nitrogens with two attached hydrogens (primary N) is 1. The number of aryl methyl sites for hydroxylation is 1. The average Bonchev–Trinajstić information content (AvgIpc) is 3.45. The molecule has 5 N–H and O–H groups in total. The van der Waals surface area contributed by atoms with E-state index in [4.69, 9.17) is 22.1 Å². The van der Waals surface area contributed by atoms with E-state index in [0.717, 1.165) is 76.1 Å². The Balaban J connectivity index is 1.14. The number of rotatable bonds is 11. The molecule has 0 radical (unpaired) electrons. The molecule has 2 aliphatic rings. The van der Waals surface area contributed by atoms with Crippen LogP contribution >= 0.6 is 11.6 Å². The fourth-order valence-electron chi connectivity index (χ4n) is 6.66. The number of hydrogen-bond acceptors (Lipinski definition) is 6. The Kier molecular flexibility index (Phi) is 10.3. The largest absolute Gasteiger partial charge is 0.381 e. The fraction of sp³-hybridized carbons (Fsp3) is 0.486. The highest BCUT2D eigenvalue weighted by molar-refractivity contribution is 6.31. The first-order valence-electron chi connectivity index (χ1n) is 16.3. The summed E-state index contributed by atoms with van der Waals surface area (Å²) in [6.45, 7) is 5.77. The molecule has 8 nitrogen and oxygen atoms in total. The lowest BCUT2D eigenvalue weighted by Gasteiger charge is -2.32. The van der Waals surface area contributed by atoms with Crippen LogP contribution in [0.3, 0.4) is 0 Å². The van der Waals surface area contributed by atoms with Crippen LogP contribution in [0.2, 0.25) is 5.02 Å². The summed E-state index contributed by atoms with van der Waals surface area (Å²) in [4.78, 5) is 20.5. The van der Waals surface area contributed by atoms with Gasteiger partial charge in [0.15, 0.2) is 5.82 Å². The quantitative estimate of drug-likeness (QED) is 0.160. The highest BCUT2D eigenvalue weighted by Crippen LogP contribution is 2.32. The number of benzene rings is 2. The van der Waals surface area contributed by atoms with E-state index in [0.29, 0.717) is 34.3 Å². The molecule has 0 saturated carbocycles. The van der Waals surface area contributed by atoms with Gasteiger partial charge in [-0.25, -0.2) is 9.18 Å². The van der Waals surface area contributed by atoms with Gasteiger partial charge in [-0.05, 0) is 112 Å². The predicted molar refractivity (Wildman–Crippen MR) is 179 cm³/mol. The van der Waals surface area contributed by atoms with Gasteiger partial charge in [-0.2, -0.15) is 4.98 Å². The molecule has 2 aromatic heterocycles. The molecular formula is C35H44ClFN6O2. The zero-order valence-corrected chi connectivity index (χ0v) is 26.7. The number of H-pyrrole nitrogens is 1. The van der Waals surface area contributed by atoms with Crippen molar-refractivity contribution in [2.75, 3.05) is 26.3 Å². The van der Waals surface area contributed by atoms with Crippen LogP contribution in [0.1, 0.15) is 69.0 Å². The molecule has 0 unspecified atom stereocenters. The lowest BCUT2D eigenvalue weighted by Crippen LogP contribution is -2.44. The van der Waals surface area contributed by atoms with Crippen molar-refractivity contribution in [2.45, 2.75) is 76.4 Å². The summed E-state index contributed by atoms with van der Waals surface area (Å²) < 4.78 is 22.2. The van der Waals surface area contributed by atoms with Crippen molar-refractivity contribution in [3.8, 4) is 16.9 Å². The maximum absolute atomic E-state index is 15.2. The van der Waals surface area contributed by atoms with Crippen molar-refractivity contribution in [2.24, 2.45) is 11.7 Å². The van der Waals surface area contributed by atoms with Gasteiger partial charge in [-0.1, -0.05) is 23.7 Å². The van der Waals surface area contributed by atoms with Crippen LogP contribution in [-0.2, 0) is 11.2 Å². The minimum Gasteiger partial charge on any atom is -0.381 e. The maximum atomic E-state index is 15.2. The average molecular weight is 635 g/mol. The number of nitrogens with one attached hydrogen (secondary N) is 3. The van der Waals surface area contributed by atoms with Crippen LogP contribution in [-0.4, -0.2) is 52.9 Å². The van der Waals surface area contributed by atoms with Gasteiger partial charge in [0, 0.05) is 55.0 Å². The van der Waals surface area contributed by atoms with Gasteiger partial charge in [-0.15, -0.1) is 0 Å². The minimum atomic E-state index is -0.501. The summed E-state index contributed by atoms with van der Waals surface area (Å²) in [5.41, 5.74) is 9.66. The number of nitrogens with zero attached hydrogens (tertiary/aromatic N) is 2. The van der Waals surface area contributed by atoms with Gasteiger partial charge in [0.1, 0.15) is 5.65 Å². The van der Waals surface area contributed by atoms with E-state index in [1.54, 1.807) is 12.3 Å². The van der Waals surface area contributed by atoms with E-state index < -0.39 is 11.5 Å². The Bertz CT molecular complexity index is 1650. The molecule has 3 atom stereocenters. The van der Waals surface area contributed by atoms with Crippen LogP contribution in [0.15, 0.2) is 53.5 Å². The molecule has 4 heterocycles. The fourth-order valence-corrected chi connectivity index (χ4v) is 6.90. The minimum absolute atomic E-state index is 0.0691. The number of aromatic amines is 1. The van der Waals surface area contributed by atoms with Crippen molar-refractivity contribution < 1.29 is 9.13 Å². The van der Waals surface area contributed by atoms with Crippen LogP contribution in [0.5, 0.6) is 0 Å². The Labute approximate surface area is 268 Å². The lowest BCUT2D eigenvalue weighted by molar-refractivity contribution is 0.0660. The molecule has 2 aliphatic heterocycles. The first-order valence-corrected chi connectivity index (χ1v) is 16.7. The van der Waals surface area contributed by atoms with E-state index in [-0.39, 0.29) is 17.1 Å². The van der Waals surface area contributed by atoms with Gasteiger partial charge >= 0.3 is 5.69 Å². The number of ether oxygens (including phenoxy) is 1. The summed E-state index contributed by atoms with van der Waals surface area (Å²) >= 11 is 6.27. The van der Waals surface area contributed by atoms with Crippen molar-refractivity contribution in [3.05, 3.63) is 81.1 Å². The molecule has 2 fully saturated rings. The molecule has 10 heteroatoms. The molecule has 0 bridgehead atoms. The van der Waals surface area contributed by atoms with Crippen LogP contribution in [0, 0.1) is 11.7 Å². The molecule has 240 valence electrons. The Hall–Kier alpha value is -3.08. The zero-order chi connectivity index (χ0) is 31.3. The highest BCUT2D eigenvalue weighted by Gasteiger charge is 2.23. The summed E-state index contributed by atoms with van der Waals surface area (Å²) in [7, 11) is 0. The molecule has 6 rings (SSSR count). The first-order chi connectivity index (χ1) is 21.8. The second-order valence-electron chi connectivity index (χ2n) is 12.8. The standard InChI is InChI=1S/C35H44ClFN6O2/c1-22(38)4-2-5-24-16-29(33(37)30(36)17-24)32-18-26-21-43(35(44)42-34(26)41-32)28-10-8-25(9-11-28)31-7-3-6-27(40-31)20-39-19-23-12-14-45-15-13-23/h8-11,16-18,21-23,27,31,39-40H,2-7,12-15,19-20,38H2,1H3,(H,41,42,44)/t22-,27-,31-/m0/s1. The normalized spacial score (nSPS) is 20.1. The molecule has 0 spiro atoms. The predicted octanol–water partition coefficient (Wildman–Crippen LogP) is 6.04. The van der Waals surface area contributed by atoms with Crippen LogP contribution in [0.25, 0.3) is 28.0 Å². The molecule has 2 aromatic carbocycles. The second-order valence-corrected chi connectivity index (χ2v) is 13.2. The third kappa shape index (κ3) is 7.84.